The van der Waals surface area contributed by atoms with Crippen LogP contribution in [0.4, 0.5) is 0 Å². The Morgan fingerprint density at radius 3 is 2.82 bits per heavy atom. The van der Waals surface area contributed by atoms with Gasteiger partial charge in [0, 0.05) is 5.38 Å². The maximum atomic E-state index is 8.71. The fraction of sp³-hybridized carbons (Fsp3) is 0.500. The van der Waals surface area contributed by atoms with Crippen molar-refractivity contribution in [3.05, 3.63) is 11.1 Å². The van der Waals surface area contributed by atoms with Crippen LogP contribution in [0, 0.1) is 11.3 Å². The molecule has 0 radical (unpaired) electrons. The van der Waals surface area contributed by atoms with E-state index in [2.05, 4.69) is 15.7 Å². The second kappa shape index (κ2) is 3.42. The quantitative estimate of drug-likeness (QED) is 0.651. The van der Waals surface area contributed by atoms with Crippen molar-refractivity contribution in [2.75, 3.05) is 14.1 Å². The summed E-state index contributed by atoms with van der Waals surface area (Å²) in [5.74, 6) is 0. The lowest BCUT2D eigenvalue weighted by Gasteiger charge is -2.13. The first-order chi connectivity index (χ1) is 5.25. The molecule has 0 N–H and O–H groups in total. The zero-order chi connectivity index (χ0) is 8.27. The van der Waals surface area contributed by atoms with Crippen LogP contribution in [0.3, 0.4) is 0 Å². The monoisotopic (exact) mass is 168 g/mol. The number of hydrogen-bond donors (Lipinski definition) is 0. The molecule has 0 amide bonds. The van der Waals surface area contributed by atoms with Gasteiger partial charge in [0.1, 0.15) is 11.7 Å². The van der Waals surface area contributed by atoms with Crippen molar-refractivity contribution in [1.82, 2.24) is 14.5 Å². The van der Waals surface area contributed by atoms with E-state index in [-0.39, 0.29) is 6.04 Å². The van der Waals surface area contributed by atoms with E-state index in [1.54, 1.807) is 10.3 Å². The fourth-order valence-corrected chi connectivity index (χ4v) is 1.21. The predicted octanol–water partition coefficient (Wildman–Crippen LogP) is 0.664. The lowest BCUT2D eigenvalue weighted by Crippen LogP contribution is -2.18. The summed E-state index contributed by atoms with van der Waals surface area (Å²) in [7, 11) is 3.68. The van der Waals surface area contributed by atoms with Gasteiger partial charge in [0.2, 0.25) is 0 Å². The first kappa shape index (κ1) is 8.11. The number of aromatic nitrogens is 2. The first-order valence-electron chi connectivity index (χ1n) is 3.08. The zero-order valence-electron chi connectivity index (χ0n) is 6.35. The molecule has 1 rings (SSSR count). The van der Waals surface area contributed by atoms with Gasteiger partial charge in [-0.25, -0.2) is 0 Å². The molecule has 0 aliphatic carbocycles. The second-order valence-electron chi connectivity index (χ2n) is 2.33. The molecule has 0 saturated carbocycles. The fourth-order valence-electron chi connectivity index (χ4n) is 0.737. The number of nitriles is 1. The van der Waals surface area contributed by atoms with Crippen molar-refractivity contribution < 1.29 is 0 Å². The molecule has 0 aliphatic rings. The van der Waals surface area contributed by atoms with Gasteiger partial charge in [-0.2, -0.15) is 5.26 Å². The molecule has 0 bridgehead atoms. The smallest absolute Gasteiger partial charge is 0.143 e. The van der Waals surface area contributed by atoms with Gasteiger partial charge >= 0.3 is 0 Å². The lowest BCUT2D eigenvalue weighted by molar-refractivity contribution is 0.352. The molecule has 5 heteroatoms. The Morgan fingerprint density at radius 2 is 2.45 bits per heavy atom. The van der Waals surface area contributed by atoms with Gasteiger partial charge in [-0.3, -0.25) is 4.90 Å². The van der Waals surface area contributed by atoms with Crippen molar-refractivity contribution in [3.63, 3.8) is 0 Å². The molecule has 1 unspecified atom stereocenters. The summed E-state index contributed by atoms with van der Waals surface area (Å²) in [5, 5.41) is 14.3. The van der Waals surface area contributed by atoms with Gasteiger partial charge in [-0.05, 0) is 25.6 Å². The van der Waals surface area contributed by atoms with Crippen LogP contribution in [-0.4, -0.2) is 28.6 Å². The van der Waals surface area contributed by atoms with Crippen LogP contribution in [0.5, 0.6) is 0 Å². The average Bonchev–Trinajstić information content (AvgIpc) is 2.40. The Hall–Kier alpha value is -0.990. The Kier molecular flexibility index (Phi) is 2.52. The van der Waals surface area contributed by atoms with Crippen LogP contribution in [0.25, 0.3) is 0 Å². The minimum absolute atomic E-state index is 0.270. The Balaban J connectivity index is 2.82. The molecule has 4 nitrogen and oxygen atoms in total. The van der Waals surface area contributed by atoms with Crippen molar-refractivity contribution in [2.45, 2.75) is 6.04 Å². The number of rotatable bonds is 2. The predicted molar refractivity (Wildman–Crippen MR) is 42.0 cm³/mol. The minimum atomic E-state index is -0.270. The van der Waals surface area contributed by atoms with Crippen LogP contribution in [0.15, 0.2) is 5.38 Å². The van der Waals surface area contributed by atoms with Gasteiger partial charge in [-0.15, -0.1) is 5.10 Å². The van der Waals surface area contributed by atoms with Crippen LogP contribution in [0.2, 0.25) is 0 Å². The zero-order valence-corrected chi connectivity index (χ0v) is 7.17. The molecular formula is C6H8N4S. The lowest BCUT2D eigenvalue weighted by atomic mass is 10.2. The van der Waals surface area contributed by atoms with Crippen molar-refractivity contribution in [2.24, 2.45) is 0 Å². The van der Waals surface area contributed by atoms with E-state index < -0.39 is 0 Å². The van der Waals surface area contributed by atoms with Gasteiger partial charge < -0.3 is 0 Å². The summed E-state index contributed by atoms with van der Waals surface area (Å²) in [4.78, 5) is 1.80. The second-order valence-corrected chi connectivity index (χ2v) is 2.93. The molecule has 0 saturated heterocycles. The summed E-state index contributed by atoms with van der Waals surface area (Å²) in [5.41, 5.74) is 0.725. The molecule has 0 aliphatic heterocycles. The third-order valence-corrected chi connectivity index (χ3v) is 1.82. The molecule has 0 aromatic carbocycles. The molecule has 1 atom stereocenters. The van der Waals surface area contributed by atoms with Gasteiger partial charge in [0.05, 0.1) is 6.07 Å². The number of hydrogen-bond acceptors (Lipinski definition) is 5. The normalized spacial score (nSPS) is 12.9. The standard InChI is InChI=1S/C6H8N4S/c1-10(2)6(3-7)5-4-11-9-8-5/h4,6H,1-2H3. The average molecular weight is 168 g/mol. The van der Waals surface area contributed by atoms with Gasteiger partial charge in [0.15, 0.2) is 0 Å². The van der Waals surface area contributed by atoms with Gasteiger partial charge in [-0.1, -0.05) is 4.49 Å². The van der Waals surface area contributed by atoms with Crippen LogP contribution < -0.4 is 0 Å². The largest absolute Gasteiger partial charge is 0.289 e. The van der Waals surface area contributed by atoms with E-state index in [9.17, 15) is 0 Å². The highest BCUT2D eigenvalue weighted by Crippen LogP contribution is 2.14. The van der Waals surface area contributed by atoms with Crippen molar-refractivity contribution in [1.29, 1.82) is 5.26 Å². The molecule has 0 fully saturated rings. The van der Waals surface area contributed by atoms with Crippen molar-refractivity contribution >= 4 is 11.5 Å². The van der Waals surface area contributed by atoms with E-state index in [0.29, 0.717) is 0 Å². The van der Waals surface area contributed by atoms with Gasteiger partial charge in [0.25, 0.3) is 0 Å². The Bertz CT molecular complexity index is 248. The van der Waals surface area contributed by atoms with Crippen molar-refractivity contribution in [3.8, 4) is 6.07 Å². The van der Waals surface area contributed by atoms with Crippen LogP contribution in [-0.2, 0) is 0 Å². The molecule has 0 spiro atoms. The Labute approximate surface area is 69.2 Å². The van der Waals surface area contributed by atoms with E-state index in [0.717, 1.165) is 5.69 Å². The first-order valence-corrected chi connectivity index (χ1v) is 3.92. The number of nitrogens with zero attached hydrogens (tertiary/aromatic N) is 4. The maximum absolute atomic E-state index is 8.71. The summed E-state index contributed by atoms with van der Waals surface area (Å²) >= 11 is 1.26. The molecular weight excluding hydrogens is 160 g/mol. The minimum Gasteiger partial charge on any atom is -0.289 e. The van der Waals surface area contributed by atoms with E-state index >= 15 is 0 Å². The third-order valence-electron chi connectivity index (χ3n) is 1.30. The van der Waals surface area contributed by atoms with Crippen LogP contribution >= 0.6 is 11.5 Å². The summed E-state index contributed by atoms with van der Waals surface area (Å²) in [6.45, 7) is 0. The topological polar surface area (TPSA) is 52.8 Å². The third kappa shape index (κ3) is 1.73. The summed E-state index contributed by atoms with van der Waals surface area (Å²) in [6.07, 6.45) is 0. The highest BCUT2D eigenvalue weighted by Gasteiger charge is 2.14. The Morgan fingerprint density at radius 1 is 1.73 bits per heavy atom. The maximum Gasteiger partial charge on any atom is 0.143 e. The molecule has 1 aromatic rings. The highest BCUT2D eigenvalue weighted by atomic mass is 32.1. The van der Waals surface area contributed by atoms with E-state index in [1.807, 2.05) is 14.1 Å². The van der Waals surface area contributed by atoms with E-state index in [4.69, 9.17) is 5.26 Å². The summed E-state index contributed by atoms with van der Waals surface area (Å²) in [6, 6.07) is 1.86. The SMILES string of the molecule is CN(C)C(C#N)c1csnn1. The highest BCUT2D eigenvalue weighted by molar-refractivity contribution is 7.03. The molecule has 1 heterocycles. The molecule has 58 valence electrons. The molecule has 1 aromatic heterocycles. The molecule has 11 heavy (non-hydrogen) atoms. The summed E-state index contributed by atoms with van der Waals surface area (Å²) < 4.78 is 3.69. The van der Waals surface area contributed by atoms with Crippen LogP contribution in [0.1, 0.15) is 11.7 Å². The van der Waals surface area contributed by atoms with E-state index in [1.165, 1.54) is 11.5 Å².